The van der Waals surface area contributed by atoms with Gasteiger partial charge in [0.15, 0.2) is 0 Å². The maximum absolute atomic E-state index is 13.2. The minimum atomic E-state index is -4.39. The Morgan fingerprint density at radius 3 is 2.44 bits per heavy atom. The van der Waals surface area contributed by atoms with Gasteiger partial charge in [0.2, 0.25) is 5.91 Å². The Kier molecular flexibility index (Phi) is 8.77. The van der Waals surface area contributed by atoms with Gasteiger partial charge in [-0.15, -0.1) is 12.4 Å². The van der Waals surface area contributed by atoms with E-state index in [9.17, 15) is 18.0 Å². The van der Waals surface area contributed by atoms with Crippen molar-refractivity contribution in [2.24, 2.45) is 0 Å². The van der Waals surface area contributed by atoms with Crippen LogP contribution < -0.4 is 10.6 Å². The van der Waals surface area contributed by atoms with Crippen molar-refractivity contribution in [2.45, 2.75) is 18.6 Å². The predicted octanol–water partition coefficient (Wildman–Crippen LogP) is 2.91. The summed E-state index contributed by atoms with van der Waals surface area (Å²) in [6, 6.07) is 3.01. The minimum Gasteiger partial charge on any atom is -0.354 e. The van der Waals surface area contributed by atoms with Crippen LogP contribution in [0.15, 0.2) is 18.2 Å². The fourth-order valence-electron chi connectivity index (χ4n) is 2.55. The highest BCUT2D eigenvalue weighted by Gasteiger charge is 2.43. The zero-order valence-corrected chi connectivity index (χ0v) is 15.5. The second-order valence-corrected chi connectivity index (χ2v) is 6.39. The molecule has 1 aliphatic rings. The number of amides is 1. The maximum atomic E-state index is 13.2. The number of hydrogen-bond acceptors (Lipinski definition) is 3. The van der Waals surface area contributed by atoms with Crippen molar-refractivity contribution in [1.29, 1.82) is 0 Å². The van der Waals surface area contributed by atoms with Crippen LogP contribution in [0, 0.1) is 0 Å². The number of nitrogens with one attached hydrogen (secondary N) is 2. The first-order valence-corrected chi connectivity index (χ1v) is 8.25. The molecule has 0 radical (unpaired) electrons. The lowest BCUT2D eigenvalue weighted by molar-refractivity contribution is -0.184. The zero-order chi connectivity index (χ0) is 17.7. The molecule has 1 aliphatic heterocycles. The molecule has 1 saturated heterocycles. The van der Waals surface area contributed by atoms with E-state index in [1.165, 1.54) is 11.0 Å². The van der Waals surface area contributed by atoms with Crippen molar-refractivity contribution in [3.05, 3.63) is 33.8 Å². The van der Waals surface area contributed by atoms with Crippen LogP contribution in [0.3, 0.4) is 0 Å². The lowest BCUT2D eigenvalue weighted by Crippen LogP contribution is -2.57. The molecule has 1 aromatic rings. The molecule has 4 nitrogen and oxygen atoms in total. The number of carbonyl (C=O) groups is 1. The molecule has 0 aromatic heterocycles. The first-order chi connectivity index (χ1) is 11.3. The molecule has 1 fully saturated rings. The quantitative estimate of drug-likeness (QED) is 0.770. The number of halogens is 6. The average Bonchev–Trinajstić information content (AvgIpc) is 2.51. The van der Waals surface area contributed by atoms with Crippen LogP contribution in [0.5, 0.6) is 0 Å². The fourth-order valence-corrected chi connectivity index (χ4v) is 2.87. The van der Waals surface area contributed by atoms with Gasteiger partial charge in [-0.1, -0.05) is 29.3 Å². The van der Waals surface area contributed by atoms with E-state index in [0.717, 1.165) is 0 Å². The Bertz CT molecular complexity index is 581. The summed E-state index contributed by atoms with van der Waals surface area (Å²) < 4.78 is 39.7. The Labute approximate surface area is 160 Å². The van der Waals surface area contributed by atoms with Crippen LogP contribution in [-0.4, -0.2) is 55.7 Å². The lowest BCUT2D eigenvalue weighted by Gasteiger charge is -2.35. The van der Waals surface area contributed by atoms with Gasteiger partial charge < -0.3 is 10.6 Å². The van der Waals surface area contributed by atoms with Crippen LogP contribution in [0.25, 0.3) is 0 Å². The molecule has 0 bridgehead atoms. The van der Waals surface area contributed by atoms with E-state index in [0.29, 0.717) is 41.8 Å². The highest BCUT2D eigenvalue weighted by molar-refractivity contribution is 6.42. The summed E-state index contributed by atoms with van der Waals surface area (Å²) in [5.41, 5.74) is 0.590. The van der Waals surface area contributed by atoms with Gasteiger partial charge in [0.25, 0.3) is 0 Å². The predicted molar refractivity (Wildman–Crippen MR) is 94.7 cm³/mol. The Balaban J connectivity index is 0.00000312. The number of benzene rings is 1. The zero-order valence-electron chi connectivity index (χ0n) is 13.2. The average molecular weight is 421 g/mol. The fraction of sp³-hybridized carbons (Fsp3) is 0.533. The van der Waals surface area contributed by atoms with Crippen LogP contribution in [0.2, 0.25) is 10.0 Å². The third-order valence-electron chi connectivity index (χ3n) is 3.81. The number of alkyl halides is 3. The van der Waals surface area contributed by atoms with Crippen LogP contribution in [0.4, 0.5) is 13.2 Å². The van der Waals surface area contributed by atoms with E-state index in [2.05, 4.69) is 10.6 Å². The highest BCUT2D eigenvalue weighted by Crippen LogP contribution is 2.25. The SMILES string of the molecule is Cl.O=C(Cc1ccc(Cl)c(Cl)c1)NCC(N1CCNCC1)C(F)(F)F. The molecule has 1 atom stereocenters. The standard InChI is InChI=1S/C15H18Cl2F3N3O.ClH/c16-11-2-1-10(7-12(11)17)8-14(24)22-9-13(15(18,19)20)23-5-3-21-4-6-23;/h1-2,7,13,21H,3-6,8-9H2,(H,22,24);1H. The molecule has 1 unspecified atom stereocenters. The van der Waals surface area contributed by atoms with Crippen molar-refractivity contribution in [2.75, 3.05) is 32.7 Å². The molecule has 2 rings (SSSR count). The number of rotatable bonds is 5. The van der Waals surface area contributed by atoms with Gasteiger partial charge in [-0.05, 0) is 17.7 Å². The third-order valence-corrected chi connectivity index (χ3v) is 4.55. The summed E-state index contributed by atoms with van der Waals surface area (Å²) in [5, 5.41) is 6.04. The normalized spacial score (nSPS) is 16.8. The van der Waals surface area contributed by atoms with Crippen molar-refractivity contribution in [1.82, 2.24) is 15.5 Å². The summed E-state index contributed by atoms with van der Waals surface area (Å²) in [6.45, 7) is 1.14. The number of carbonyl (C=O) groups excluding carboxylic acids is 1. The van der Waals surface area contributed by atoms with Gasteiger partial charge in [0, 0.05) is 32.7 Å². The maximum Gasteiger partial charge on any atom is 0.405 e. The molecule has 0 saturated carbocycles. The van der Waals surface area contributed by atoms with Gasteiger partial charge in [0.05, 0.1) is 16.5 Å². The van der Waals surface area contributed by atoms with E-state index in [1.807, 2.05) is 0 Å². The van der Waals surface area contributed by atoms with E-state index in [-0.39, 0.29) is 18.8 Å². The number of piperazine rings is 1. The topological polar surface area (TPSA) is 44.4 Å². The molecule has 10 heteroatoms. The lowest BCUT2D eigenvalue weighted by atomic mass is 10.1. The molecule has 0 spiro atoms. The minimum absolute atomic E-state index is 0. The van der Waals surface area contributed by atoms with Crippen molar-refractivity contribution >= 4 is 41.5 Å². The molecular formula is C15H19Cl3F3N3O. The van der Waals surface area contributed by atoms with Gasteiger partial charge in [-0.2, -0.15) is 13.2 Å². The first kappa shape index (κ1) is 22.3. The molecule has 0 aliphatic carbocycles. The van der Waals surface area contributed by atoms with Crippen molar-refractivity contribution in [3.8, 4) is 0 Å². The molecule has 142 valence electrons. The molecular weight excluding hydrogens is 402 g/mol. The smallest absolute Gasteiger partial charge is 0.354 e. The van der Waals surface area contributed by atoms with Crippen LogP contribution >= 0.6 is 35.6 Å². The summed E-state index contributed by atoms with van der Waals surface area (Å²) in [5.74, 6) is -0.488. The van der Waals surface area contributed by atoms with Crippen LogP contribution in [-0.2, 0) is 11.2 Å². The van der Waals surface area contributed by atoms with Gasteiger partial charge in [0.1, 0.15) is 6.04 Å². The molecule has 1 aromatic carbocycles. The van der Waals surface area contributed by atoms with E-state index >= 15 is 0 Å². The summed E-state index contributed by atoms with van der Waals surface area (Å²) in [4.78, 5) is 13.3. The van der Waals surface area contributed by atoms with Gasteiger partial charge in [-0.3, -0.25) is 9.69 Å². The second kappa shape index (κ2) is 9.83. The molecule has 25 heavy (non-hydrogen) atoms. The van der Waals surface area contributed by atoms with Crippen molar-refractivity contribution in [3.63, 3.8) is 0 Å². The molecule has 1 amide bonds. The first-order valence-electron chi connectivity index (χ1n) is 7.49. The Hall–Kier alpha value is -0.730. The molecule has 2 N–H and O–H groups in total. The monoisotopic (exact) mass is 419 g/mol. The largest absolute Gasteiger partial charge is 0.405 e. The highest BCUT2D eigenvalue weighted by atomic mass is 35.5. The van der Waals surface area contributed by atoms with E-state index in [4.69, 9.17) is 23.2 Å². The van der Waals surface area contributed by atoms with Gasteiger partial charge in [-0.25, -0.2) is 0 Å². The van der Waals surface area contributed by atoms with Crippen LogP contribution in [0.1, 0.15) is 5.56 Å². The Morgan fingerprint density at radius 1 is 1.24 bits per heavy atom. The summed E-state index contributed by atoms with van der Waals surface area (Å²) >= 11 is 11.6. The Morgan fingerprint density at radius 2 is 1.88 bits per heavy atom. The molecule has 1 heterocycles. The van der Waals surface area contributed by atoms with E-state index in [1.54, 1.807) is 12.1 Å². The summed E-state index contributed by atoms with van der Waals surface area (Å²) in [6.07, 6.45) is -4.45. The number of nitrogens with zero attached hydrogens (tertiary/aromatic N) is 1. The van der Waals surface area contributed by atoms with E-state index < -0.39 is 24.7 Å². The second-order valence-electron chi connectivity index (χ2n) is 5.57. The third kappa shape index (κ3) is 6.83. The summed E-state index contributed by atoms with van der Waals surface area (Å²) in [7, 11) is 0. The number of hydrogen-bond donors (Lipinski definition) is 2. The van der Waals surface area contributed by atoms with Gasteiger partial charge >= 0.3 is 6.18 Å². The van der Waals surface area contributed by atoms with Crippen molar-refractivity contribution < 1.29 is 18.0 Å².